The number of hydrogen-bond acceptors (Lipinski definition) is 2. The van der Waals surface area contributed by atoms with Crippen LogP contribution < -0.4 is 5.32 Å². The molecule has 3 heteroatoms. The van der Waals surface area contributed by atoms with Gasteiger partial charge in [0.15, 0.2) is 0 Å². The fraction of sp³-hybridized carbons (Fsp3) is 0.333. The monoisotopic (exact) mass is 301 g/mol. The summed E-state index contributed by atoms with van der Waals surface area (Å²) in [7, 11) is 0. The molecule has 0 aromatic heterocycles. The Hall–Kier alpha value is -1.51. The summed E-state index contributed by atoms with van der Waals surface area (Å²) in [5.41, 5.74) is 2.62. The van der Waals surface area contributed by atoms with Crippen LogP contribution in [0, 0.1) is 0 Å². The fourth-order valence-corrected chi connectivity index (χ4v) is 3.10. The summed E-state index contributed by atoms with van der Waals surface area (Å²) in [6.07, 6.45) is 3.38. The van der Waals surface area contributed by atoms with Gasteiger partial charge in [-0.25, -0.2) is 0 Å². The molecule has 0 unspecified atom stereocenters. The summed E-state index contributed by atoms with van der Waals surface area (Å²) in [4.78, 5) is 0. The van der Waals surface area contributed by atoms with Crippen LogP contribution in [0.5, 0.6) is 5.75 Å². The van der Waals surface area contributed by atoms with E-state index in [-0.39, 0.29) is 0 Å². The molecule has 0 aliphatic heterocycles. The van der Waals surface area contributed by atoms with Crippen molar-refractivity contribution in [3.63, 3.8) is 0 Å². The first-order valence-electron chi connectivity index (χ1n) is 7.47. The molecule has 0 spiro atoms. The Balaban J connectivity index is 1.40. The quantitative estimate of drug-likeness (QED) is 0.870. The van der Waals surface area contributed by atoms with Crippen molar-refractivity contribution in [1.29, 1.82) is 0 Å². The number of aromatic hydroxyl groups is 1. The second-order valence-electron chi connectivity index (χ2n) is 5.79. The first-order chi connectivity index (χ1) is 10.2. The van der Waals surface area contributed by atoms with Gasteiger partial charge in [0.25, 0.3) is 0 Å². The number of rotatable bonds is 5. The SMILES string of the molecule is Oc1ccc(CCNC2CC(c3cccc(Cl)c3)C2)cc1. The third-order valence-electron chi connectivity index (χ3n) is 4.24. The molecule has 2 N–H and O–H groups in total. The third kappa shape index (κ3) is 3.78. The molecule has 0 atom stereocenters. The zero-order valence-electron chi connectivity index (χ0n) is 11.9. The predicted octanol–water partition coefficient (Wildman–Crippen LogP) is 4.12. The van der Waals surface area contributed by atoms with Crippen molar-refractivity contribution in [2.75, 3.05) is 6.54 Å². The van der Waals surface area contributed by atoms with Crippen molar-refractivity contribution in [3.05, 3.63) is 64.7 Å². The van der Waals surface area contributed by atoms with Crippen LogP contribution in [0.4, 0.5) is 0 Å². The van der Waals surface area contributed by atoms with Gasteiger partial charge in [0.05, 0.1) is 0 Å². The van der Waals surface area contributed by atoms with E-state index in [2.05, 4.69) is 17.4 Å². The van der Waals surface area contributed by atoms with E-state index in [4.69, 9.17) is 11.6 Å². The minimum atomic E-state index is 0.329. The van der Waals surface area contributed by atoms with Gasteiger partial charge in [-0.2, -0.15) is 0 Å². The van der Waals surface area contributed by atoms with E-state index in [1.54, 1.807) is 12.1 Å². The topological polar surface area (TPSA) is 32.3 Å². The molecule has 1 saturated carbocycles. The highest BCUT2D eigenvalue weighted by molar-refractivity contribution is 6.30. The van der Waals surface area contributed by atoms with Gasteiger partial charge in [-0.3, -0.25) is 0 Å². The second-order valence-corrected chi connectivity index (χ2v) is 6.23. The number of nitrogens with one attached hydrogen (secondary N) is 1. The highest BCUT2D eigenvalue weighted by atomic mass is 35.5. The van der Waals surface area contributed by atoms with Crippen LogP contribution in [0.1, 0.15) is 29.9 Å². The molecular formula is C18H20ClNO. The second kappa shape index (κ2) is 6.50. The molecule has 21 heavy (non-hydrogen) atoms. The Bertz CT molecular complexity index is 590. The molecule has 2 aromatic rings. The van der Waals surface area contributed by atoms with Crippen molar-refractivity contribution >= 4 is 11.6 Å². The van der Waals surface area contributed by atoms with Crippen molar-refractivity contribution < 1.29 is 5.11 Å². The molecule has 0 amide bonds. The molecule has 2 aromatic carbocycles. The summed E-state index contributed by atoms with van der Waals surface area (Å²) < 4.78 is 0. The van der Waals surface area contributed by atoms with Crippen LogP contribution >= 0.6 is 11.6 Å². The van der Waals surface area contributed by atoms with Gasteiger partial charge in [0.2, 0.25) is 0 Å². The van der Waals surface area contributed by atoms with Gasteiger partial charge in [-0.1, -0.05) is 35.9 Å². The van der Waals surface area contributed by atoms with Crippen molar-refractivity contribution in [2.45, 2.75) is 31.2 Å². The predicted molar refractivity (Wildman–Crippen MR) is 87.0 cm³/mol. The molecule has 0 radical (unpaired) electrons. The number of phenolic OH excluding ortho intramolecular Hbond substituents is 1. The Morgan fingerprint density at radius 3 is 2.57 bits per heavy atom. The molecule has 0 saturated heterocycles. The molecule has 110 valence electrons. The minimum Gasteiger partial charge on any atom is -0.508 e. The highest BCUT2D eigenvalue weighted by Gasteiger charge is 2.29. The van der Waals surface area contributed by atoms with Gasteiger partial charge < -0.3 is 10.4 Å². The Morgan fingerprint density at radius 2 is 1.86 bits per heavy atom. The van der Waals surface area contributed by atoms with Crippen LogP contribution in [0.3, 0.4) is 0 Å². The van der Waals surface area contributed by atoms with Crippen molar-refractivity contribution in [3.8, 4) is 5.75 Å². The van der Waals surface area contributed by atoms with Crippen molar-refractivity contribution in [1.82, 2.24) is 5.32 Å². The summed E-state index contributed by atoms with van der Waals surface area (Å²) in [5.74, 6) is 0.977. The first-order valence-corrected chi connectivity index (χ1v) is 7.85. The number of benzene rings is 2. The van der Waals surface area contributed by atoms with E-state index in [0.29, 0.717) is 17.7 Å². The average Bonchev–Trinajstić information content (AvgIpc) is 2.43. The van der Waals surface area contributed by atoms with Crippen LogP contribution in [0.25, 0.3) is 0 Å². The van der Waals surface area contributed by atoms with E-state index in [1.807, 2.05) is 24.3 Å². The van der Waals surface area contributed by atoms with E-state index < -0.39 is 0 Å². The molecule has 1 aliphatic carbocycles. The van der Waals surface area contributed by atoms with Gasteiger partial charge in [-0.15, -0.1) is 0 Å². The van der Waals surface area contributed by atoms with Crippen LogP contribution in [0.15, 0.2) is 48.5 Å². The zero-order valence-corrected chi connectivity index (χ0v) is 12.7. The van der Waals surface area contributed by atoms with Gasteiger partial charge in [-0.05, 0) is 67.1 Å². The Labute approximate surface area is 130 Å². The van der Waals surface area contributed by atoms with Crippen LogP contribution in [-0.2, 0) is 6.42 Å². The standard InChI is InChI=1S/C18H20ClNO/c19-16-3-1-2-14(10-16)15-11-17(12-15)20-9-8-13-4-6-18(21)7-5-13/h1-7,10,15,17,20-21H,8-9,11-12H2. The maximum atomic E-state index is 9.25. The average molecular weight is 302 g/mol. The largest absolute Gasteiger partial charge is 0.508 e. The number of halogens is 1. The number of phenols is 1. The molecule has 2 nitrogen and oxygen atoms in total. The lowest BCUT2D eigenvalue weighted by Gasteiger charge is -2.36. The van der Waals surface area contributed by atoms with Crippen molar-refractivity contribution in [2.24, 2.45) is 0 Å². The van der Waals surface area contributed by atoms with Gasteiger partial charge in [0.1, 0.15) is 5.75 Å². The molecule has 0 bridgehead atoms. The van der Waals surface area contributed by atoms with Crippen LogP contribution in [-0.4, -0.2) is 17.7 Å². The lowest BCUT2D eigenvalue weighted by Crippen LogP contribution is -2.40. The summed E-state index contributed by atoms with van der Waals surface area (Å²) in [6.45, 7) is 0.984. The third-order valence-corrected chi connectivity index (χ3v) is 4.48. The molecule has 1 aliphatic rings. The summed E-state index contributed by atoms with van der Waals surface area (Å²) in [5, 5.41) is 13.7. The van der Waals surface area contributed by atoms with E-state index >= 15 is 0 Å². The smallest absolute Gasteiger partial charge is 0.115 e. The summed E-state index contributed by atoms with van der Waals surface area (Å²) in [6, 6.07) is 16.3. The first kappa shape index (κ1) is 14.4. The Morgan fingerprint density at radius 1 is 1.10 bits per heavy atom. The van der Waals surface area contributed by atoms with E-state index in [0.717, 1.165) is 18.0 Å². The van der Waals surface area contributed by atoms with E-state index in [9.17, 15) is 5.11 Å². The molecule has 3 rings (SSSR count). The lowest BCUT2D eigenvalue weighted by atomic mass is 9.76. The Kier molecular flexibility index (Phi) is 4.47. The highest BCUT2D eigenvalue weighted by Crippen LogP contribution is 2.37. The minimum absolute atomic E-state index is 0.329. The lowest BCUT2D eigenvalue weighted by molar-refractivity contribution is 0.293. The molecule has 0 heterocycles. The molecular weight excluding hydrogens is 282 g/mol. The maximum absolute atomic E-state index is 9.25. The zero-order chi connectivity index (χ0) is 14.7. The fourth-order valence-electron chi connectivity index (χ4n) is 2.90. The van der Waals surface area contributed by atoms with Crippen LogP contribution in [0.2, 0.25) is 5.02 Å². The summed E-state index contributed by atoms with van der Waals surface area (Å²) >= 11 is 6.04. The normalized spacial score (nSPS) is 21.0. The molecule has 1 fully saturated rings. The van der Waals surface area contributed by atoms with E-state index in [1.165, 1.54) is 24.0 Å². The van der Waals surface area contributed by atoms with Gasteiger partial charge >= 0.3 is 0 Å². The maximum Gasteiger partial charge on any atom is 0.115 e. The number of hydrogen-bond donors (Lipinski definition) is 2. The van der Waals surface area contributed by atoms with Gasteiger partial charge in [0, 0.05) is 11.1 Å².